The van der Waals surface area contributed by atoms with Crippen LogP contribution in [0.15, 0.2) is 24.3 Å². The van der Waals surface area contributed by atoms with Gasteiger partial charge in [-0.2, -0.15) is 0 Å². The van der Waals surface area contributed by atoms with Gasteiger partial charge in [0.2, 0.25) is 0 Å². The highest BCUT2D eigenvalue weighted by Gasteiger charge is 2.07. The van der Waals surface area contributed by atoms with Gasteiger partial charge in [0.25, 0.3) is 0 Å². The molecule has 1 aromatic rings. The first-order chi connectivity index (χ1) is 6.69. The molecule has 0 saturated carbocycles. The second-order valence-corrected chi connectivity index (χ2v) is 2.77. The van der Waals surface area contributed by atoms with Crippen molar-refractivity contribution in [3.05, 3.63) is 35.4 Å². The lowest BCUT2D eigenvalue weighted by Crippen LogP contribution is -2.00. The highest BCUT2D eigenvalue weighted by atomic mass is 16.5. The van der Waals surface area contributed by atoms with Crippen LogP contribution in [0, 0.1) is 0 Å². The van der Waals surface area contributed by atoms with Crippen molar-refractivity contribution in [2.75, 3.05) is 7.11 Å². The molecule has 0 aliphatic rings. The minimum absolute atomic E-state index is 0.149. The van der Waals surface area contributed by atoms with Crippen molar-refractivity contribution in [2.24, 2.45) is 0 Å². The molecule has 1 rings (SSSR count). The van der Waals surface area contributed by atoms with E-state index in [0.717, 1.165) is 0 Å². The number of esters is 1. The highest BCUT2D eigenvalue weighted by molar-refractivity contribution is 5.90. The van der Waals surface area contributed by atoms with Gasteiger partial charge in [0.05, 0.1) is 12.7 Å². The Labute approximate surface area is 82.6 Å². The van der Waals surface area contributed by atoms with Gasteiger partial charge in [-0.05, 0) is 25.1 Å². The number of phenols is 1. The molecule has 0 bridgehead atoms. The van der Waals surface area contributed by atoms with E-state index in [9.17, 15) is 9.90 Å². The van der Waals surface area contributed by atoms with E-state index >= 15 is 0 Å². The molecule has 0 heterocycles. The SMILES string of the molecule is CC=Cc1cc(C(=O)OC)ccc1O. The molecule has 1 N–H and O–H groups in total. The summed E-state index contributed by atoms with van der Waals surface area (Å²) in [4.78, 5) is 11.2. The summed E-state index contributed by atoms with van der Waals surface area (Å²) < 4.78 is 4.56. The van der Waals surface area contributed by atoms with E-state index in [2.05, 4.69) is 4.74 Å². The van der Waals surface area contributed by atoms with Crippen molar-refractivity contribution in [2.45, 2.75) is 6.92 Å². The topological polar surface area (TPSA) is 46.5 Å². The number of carbonyl (C=O) groups is 1. The van der Waals surface area contributed by atoms with Crippen LogP contribution in [0.2, 0.25) is 0 Å². The van der Waals surface area contributed by atoms with E-state index in [-0.39, 0.29) is 5.75 Å². The molecule has 0 fully saturated rings. The standard InChI is InChI=1S/C11H12O3/c1-3-4-8-7-9(11(13)14-2)5-6-10(8)12/h3-7,12H,1-2H3. The first kappa shape index (κ1) is 10.3. The third-order valence-corrected chi connectivity index (χ3v) is 1.79. The van der Waals surface area contributed by atoms with Gasteiger partial charge in [0.1, 0.15) is 5.75 Å². The van der Waals surface area contributed by atoms with Crippen molar-refractivity contribution >= 4 is 12.0 Å². The molecule has 0 atom stereocenters. The molecule has 0 aliphatic carbocycles. The number of aromatic hydroxyl groups is 1. The van der Waals surface area contributed by atoms with Crippen LogP contribution in [0.4, 0.5) is 0 Å². The average molecular weight is 192 g/mol. The van der Waals surface area contributed by atoms with E-state index in [4.69, 9.17) is 0 Å². The van der Waals surface area contributed by atoms with E-state index in [0.29, 0.717) is 11.1 Å². The highest BCUT2D eigenvalue weighted by Crippen LogP contribution is 2.20. The molecule has 0 saturated heterocycles. The minimum atomic E-state index is -0.407. The lowest BCUT2D eigenvalue weighted by Gasteiger charge is -2.02. The summed E-state index contributed by atoms with van der Waals surface area (Å²) in [5.74, 6) is -0.258. The zero-order chi connectivity index (χ0) is 10.6. The third-order valence-electron chi connectivity index (χ3n) is 1.79. The number of carbonyl (C=O) groups excluding carboxylic acids is 1. The van der Waals surface area contributed by atoms with Crippen LogP contribution in [0.25, 0.3) is 6.08 Å². The Hall–Kier alpha value is -1.77. The van der Waals surface area contributed by atoms with Crippen LogP contribution in [0.3, 0.4) is 0 Å². The normalized spacial score (nSPS) is 10.4. The van der Waals surface area contributed by atoms with E-state index in [1.54, 1.807) is 18.2 Å². The maximum absolute atomic E-state index is 11.2. The molecule has 74 valence electrons. The number of rotatable bonds is 2. The van der Waals surface area contributed by atoms with Gasteiger partial charge in [-0.3, -0.25) is 0 Å². The zero-order valence-corrected chi connectivity index (χ0v) is 8.15. The summed E-state index contributed by atoms with van der Waals surface area (Å²) in [6, 6.07) is 4.58. The fourth-order valence-corrected chi connectivity index (χ4v) is 1.11. The molecule has 3 nitrogen and oxygen atoms in total. The minimum Gasteiger partial charge on any atom is -0.507 e. The molecule has 1 aromatic carbocycles. The number of benzene rings is 1. The van der Waals surface area contributed by atoms with Gasteiger partial charge in [0, 0.05) is 5.56 Å². The first-order valence-electron chi connectivity index (χ1n) is 4.23. The first-order valence-corrected chi connectivity index (χ1v) is 4.23. The maximum atomic E-state index is 11.2. The molecule has 0 aliphatic heterocycles. The summed E-state index contributed by atoms with van der Waals surface area (Å²) in [5.41, 5.74) is 1.04. The molecule has 0 radical (unpaired) electrons. The quantitative estimate of drug-likeness (QED) is 0.731. The predicted molar refractivity (Wildman–Crippen MR) is 54.2 cm³/mol. The summed E-state index contributed by atoms with van der Waals surface area (Å²) in [7, 11) is 1.32. The molecular weight excluding hydrogens is 180 g/mol. The van der Waals surface area contributed by atoms with E-state index in [1.165, 1.54) is 19.2 Å². The van der Waals surface area contributed by atoms with E-state index < -0.39 is 5.97 Å². The number of hydrogen-bond donors (Lipinski definition) is 1. The van der Waals surface area contributed by atoms with Gasteiger partial charge in [-0.15, -0.1) is 0 Å². The lowest BCUT2D eigenvalue weighted by molar-refractivity contribution is 0.0600. The Morgan fingerprint density at radius 2 is 2.21 bits per heavy atom. The van der Waals surface area contributed by atoms with Crippen molar-refractivity contribution in [3.63, 3.8) is 0 Å². The van der Waals surface area contributed by atoms with Gasteiger partial charge in [0.15, 0.2) is 0 Å². The Kier molecular flexibility index (Phi) is 3.29. The third kappa shape index (κ3) is 2.13. The van der Waals surface area contributed by atoms with Gasteiger partial charge >= 0.3 is 5.97 Å². The molecule has 14 heavy (non-hydrogen) atoms. The Balaban J connectivity index is 3.12. The molecule has 0 amide bonds. The maximum Gasteiger partial charge on any atom is 0.337 e. The average Bonchev–Trinajstić information content (AvgIpc) is 2.20. The predicted octanol–water partition coefficient (Wildman–Crippen LogP) is 2.21. The van der Waals surface area contributed by atoms with Gasteiger partial charge in [-0.1, -0.05) is 12.2 Å². The largest absolute Gasteiger partial charge is 0.507 e. The van der Waals surface area contributed by atoms with Gasteiger partial charge < -0.3 is 9.84 Å². The van der Waals surface area contributed by atoms with Crippen LogP contribution in [0.1, 0.15) is 22.8 Å². The number of hydrogen-bond acceptors (Lipinski definition) is 3. The Bertz CT molecular complexity index is 367. The Morgan fingerprint density at radius 3 is 2.79 bits per heavy atom. The molecule has 3 heteroatoms. The summed E-state index contributed by atoms with van der Waals surface area (Å²) in [6.07, 6.45) is 3.51. The van der Waals surface area contributed by atoms with Crippen LogP contribution in [-0.2, 0) is 4.74 Å². The summed E-state index contributed by atoms with van der Waals surface area (Å²) in [5, 5.41) is 9.42. The zero-order valence-electron chi connectivity index (χ0n) is 8.15. The fraction of sp³-hybridized carbons (Fsp3) is 0.182. The lowest BCUT2D eigenvalue weighted by atomic mass is 10.1. The second kappa shape index (κ2) is 4.46. The van der Waals surface area contributed by atoms with Crippen LogP contribution >= 0.6 is 0 Å². The van der Waals surface area contributed by atoms with Crippen LogP contribution < -0.4 is 0 Å². The smallest absolute Gasteiger partial charge is 0.337 e. The van der Waals surface area contributed by atoms with Crippen molar-refractivity contribution in [3.8, 4) is 5.75 Å². The second-order valence-electron chi connectivity index (χ2n) is 2.77. The van der Waals surface area contributed by atoms with Crippen molar-refractivity contribution in [1.82, 2.24) is 0 Å². The van der Waals surface area contributed by atoms with E-state index in [1.807, 2.05) is 6.92 Å². The van der Waals surface area contributed by atoms with Crippen LogP contribution in [0.5, 0.6) is 5.75 Å². The van der Waals surface area contributed by atoms with Crippen molar-refractivity contribution < 1.29 is 14.6 Å². The monoisotopic (exact) mass is 192 g/mol. The number of allylic oxidation sites excluding steroid dienone is 1. The molecule has 0 aromatic heterocycles. The molecule has 0 spiro atoms. The number of phenolic OH excluding ortho intramolecular Hbond substituents is 1. The van der Waals surface area contributed by atoms with Crippen molar-refractivity contribution in [1.29, 1.82) is 0 Å². The number of methoxy groups -OCH3 is 1. The fourth-order valence-electron chi connectivity index (χ4n) is 1.11. The Morgan fingerprint density at radius 1 is 1.50 bits per heavy atom. The molecular formula is C11H12O3. The summed E-state index contributed by atoms with van der Waals surface area (Å²) >= 11 is 0. The van der Waals surface area contributed by atoms with Crippen LogP contribution in [-0.4, -0.2) is 18.2 Å². The molecule has 0 unspecified atom stereocenters. The van der Waals surface area contributed by atoms with Gasteiger partial charge in [-0.25, -0.2) is 4.79 Å². The summed E-state index contributed by atoms with van der Waals surface area (Å²) in [6.45, 7) is 1.84. The number of ether oxygens (including phenoxy) is 1.